The number of methoxy groups -OCH3 is 1. The van der Waals surface area contributed by atoms with E-state index in [0.717, 1.165) is 42.0 Å². The summed E-state index contributed by atoms with van der Waals surface area (Å²) in [6, 6.07) is 15.6. The van der Waals surface area contributed by atoms with E-state index in [1.54, 1.807) is 36.7 Å². The van der Waals surface area contributed by atoms with Crippen LogP contribution >= 0.6 is 11.3 Å². The lowest BCUT2D eigenvalue weighted by molar-refractivity contribution is 0.0690. The Morgan fingerprint density at radius 2 is 1.93 bits per heavy atom. The quantitative estimate of drug-likeness (QED) is 0.187. The molecule has 0 unspecified atom stereocenters. The number of nitrogens with zero attached hydrogens (tertiary/aromatic N) is 5. The zero-order valence-corrected chi connectivity index (χ0v) is 24.3. The number of carbonyl (C=O) groups is 1. The minimum absolute atomic E-state index is 0.127. The molecule has 216 valence electrons. The molecule has 0 radical (unpaired) electrons. The fraction of sp³-hybridized carbons (Fsp3) is 0.258. The second-order valence-corrected chi connectivity index (χ2v) is 10.8. The van der Waals surface area contributed by atoms with Crippen molar-refractivity contribution in [3.63, 3.8) is 0 Å². The number of ether oxygens (including phenoxy) is 1. The zero-order chi connectivity index (χ0) is 29.5. The fourth-order valence-electron chi connectivity index (χ4n) is 4.96. The predicted molar refractivity (Wildman–Crippen MR) is 164 cm³/mol. The van der Waals surface area contributed by atoms with Gasteiger partial charge in [0.2, 0.25) is 0 Å². The van der Waals surface area contributed by atoms with E-state index in [2.05, 4.69) is 45.4 Å². The van der Waals surface area contributed by atoms with Gasteiger partial charge in [-0.15, -0.1) is 16.4 Å². The number of imidazole rings is 1. The Bertz CT molecular complexity index is 1830. The third-order valence-electron chi connectivity index (χ3n) is 6.93. The average Bonchev–Trinajstić information content (AvgIpc) is 3.78. The number of unbranched alkanes of at least 4 members (excludes halogenated alkanes) is 3. The van der Waals surface area contributed by atoms with Crippen LogP contribution in [-0.4, -0.2) is 47.5 Å². The van der Waals surface area contributed by atoms with E-state index in [1.807, 2.05) is 24.3 Å². The van der Waals surface area contributed by atoms with E-state index in [1.165, 1.54) is 21.8 Å². The fourth-order valence-corrected chi connectivity index (χ4v) is 6.21. The Morgan fingerprint density at radius 1 is 1.10 bits per heavy atom. The molecule has 0 saturated heterocycles. The van der Waals surface area contributed by atoms with Gasteiger partial charge in [0.15, 0.2) is 11.4 Å². The maximum absolute atomic E-state index is 13.3. The van der Waals surface area contributed by atoms with Crippen molar-refractivity contribution in [3.8, 4) is 16.3 Å². The Kier molecular flexibility index (Phi) is 9.08. The van der Waals surface area contributed by atoms with Gasteiger partial charge in [-0.25, -0.2) is 9.78 Å². The number of benzene rings is 2. The Morgan fingerprint density at radius 3 is 2.64 bits per heavy atom. The molecule has 4 aromatic heterocycles. The summed E-state index contributed by atoms with van der Waals surface area (Å²) in [4.78, 5) is 32.9. The van der Waals surface area contributed by atoms with Gasteiger partial charge in [-0.1, -0.05) is 73.9 Å². The van der Waals surface area contributed by atoms with E-state index in [-0.39, 0.29) is 5.69 Å². The largest absolute Gasteiger partial charge is 0.493 e. The minimum Gasteiger partial charge on any atom is -0.493 e. The summed E-state index contributed by atoms with van der Waals surface area (Å²) < 4.78 is 8.73. The molecule has 0 aliphatic rings. The number of hydrogen-bond acceptors (Lipinski definition) is 7. The number of carboxylic acid groups (broad SMARTS) is 1. The molecule has 0 saturated carbocycles. The molecule has 0 bridgehead atoms. The van der Waals surface area contributed by atoms with Crippen molar-refractivity contribution >= 4 is 32.9 Å². The molecule has 0 amide bonds. The van der Waals surface area contributed by atoms with E-state index in [4.69, 9.17) is 4.74 Å². The number of aromatic amines is 1. The Balaban J connectivity index is 0.000000639. The molecule has 0 aliphatic carbocycles. The van der Waals surface area contributed by atoms with Gasteiger partial charge in [0.1, 0.15) is 10.5 Å². The van der Waals surface area contributed by atoms with Gasteiger partial charge >= 0.3 is 5.97 Å². The van der Waals surface area contributed by atoms with Crippen molar-refractivity contribution < 1.29 is 14.6 Å². The molecule has 0 atom stereocenters. The third kappa shape index (κ3) is 6.10. The number of thiazole rings is 1. The number of pyridine rings is 1. The highest BCUT2D eigenvalue weighted by Crippen LogP contribution is 2.38. The molecule has 42 heavy (non-hydrogen) atoms. The molecule has 2 aromatic carbocycles. The van der Waals surface area contributed by atoms with Gasteiger partial charge < -0.3 is 14.8 Å². The monoisotopic (exact) mass is 584 g/mol. The normalized spacial score (nSPS) is 11.0. The summed E-state index contributed by atoms with van der Waals surface area (Å²) in [5, 5.41) is 20.7. The summed E-state index contributed by atoms with van der Waals surface area (Å²) >= 11 is 1.19. The van der Waals surface area contributed by atoms with Crippen LogP contribution in [0.1, 0.15) is 54.2 Å². The molecule has 10 nitrogen and oxygen atoms in total. The van der Waals surface area contributed by atoms with Gasteiger partial charge in [-0.2, -0.15) is 0 Å². The van der Waals surface area contributed by atoms with Crippen LogP contribution in [0.5, 0.6) is 5.75 Å². The third-order valence-corrected chi connectivity index (χ3v) is 8.10. The SMILES string of the molecule is CCCCCCn1cc(-c2sc3c(OC)c(Cc4cccc5ccccc45)cc(=O)n3c2C(=O)O)nn1.c1c[nH]cn1. The van der Waals surface area contributed by atoms with Crippen LogP contribution in [0.25, 0.3) is 26.2 Å². The van der Waals surface area contributed by atoms with Crippen LogP contribution < -0.4 is 10.3 Å². The summed E-state index contributed by atoms with van der Waals surface area (Å²) in [5.41, 5.74) is 1.64. The molecule has 0 spiro atoms. The first-order chi connectivity index (χ1) is 20.5. The average molecular weight is 585 g/mol. The molecular weight excluding hydrogens is 552 g/mol. The minimum atomic E-state index is -1.20. The van der Waals surface area contributed by atoms with Crippen molar-refractivity contribution in [3.05, 3.63) is 101 Å². The van der Waals surface area contributed by atoms with Crippen molar-refractivity contribution in [2.24, 2.45) is 0 Å². The number of hydrogen-bond donors (Lipinski definition) is 2. The van der Waals surface area contributed by atoms with Gasteiger partial charge in [0.25, 0.3) is 5.56 Å². The Hall–Kier alpha value is -4.77. The van der Waals surface area contributed by atoms with Gasteiger partial charge in [0.05, 0.1) is 24.5 Å². The van der Waals surface area contributed by atoms with Crippen LogP contribution in [0.4, 0.5) is 0 Å². The first kappa shape index (κ1) is 28.7. The van der Waals surface area contributed by atoms with Crippen molar-refractivity contribution in [2.45, 2.75) is 45.6 Å². The number of carboxylic acids is 1. The number of H-pyrrole nitrogens is 1. The molecule has 2 N–H and O–H groups in total. The van der Waals surface area contributed by atoms with Crippen LogP contribution in [0.2, 0.25) is 0 Å². The highest BCUT2D eigenvalue weighted by Gasteiger charge is 2.26. The number of rotatable bonds is 10. The van der Waals surface area contributed by atoms with Crippen LogP contribution in [0.3, 0.4) is 0 Å². The standard InChI is InChI=1S/C28H28N4O4S.C3H4N2/c1-3-4-5-8-14-31-17-22(29-30-31)26-24(28(34)35)32-23(33)16-20(25(36-2)27(32)37-26)15-19-12-9-11-18-10-6-7-13-21(18)19;1-2-5-3-4-1/h6-7,9-13,16-17H,3-5,8,14-15H2,1-2H3,(H,34,35);1-3H,(H,4,5). The molecule has 0 aliphatic heterocycles. The number of fused-ring (bicyclic) bond motifs is 2. The van der Waals surface area contributed by atoms with Crippen molar-refractivity contribution in [1.82, 2.24) is 29.4 Å². The van der Waals surface area contributed by atoms with E-state index in [0.29, 0.717) is 39.7 Å². The lowest BCUT2D eigenvalue weighted by Gasteiger charge is -2.12. The van der Waals surface area contributed by atoms with Gasteiger partial charge in [-0.05, 0) is 22.8 Å². The number of aryl methyl sites for hydroxylation is 1. The molecule has 0 fully saturated rings. The van der Waals surface area contributed by atoms with Crippen LogP contribution in [0.15, 0.2) is 78.2 Å². The highest BCUT2D eigenvalue weighted by molar-refractivity contribution is 7.21. The van der Waals surface area contributed by atoms with Crippen molar-refractivity contribution in [2.75, 3.05) is 7.11 Å². The van der Waals surface area contributed by atoms with E-state index >= 15 is 0 Å². The summed E-state index contributed by atoms with van der Waals surface area (Å²) in [7, 11) is 1.54. The highest BCUT2D eigenvalue weighted by atomic mass is 32.1. The first-order valence-electron chi connectivity index (χ1n) is 13.8. The van der Waals surface area contributed by atoms with E-state index in [9.17, 15) is 14.7 Å². The summed E-state index contributed by atoms with van der Waals surface area (Å²) in [6.07, 6.45) is 11.7. The van der Waals surface area contributed by atoms with Crippen LogP contribution in [-0.2, 0) is 13.0 Å². The summed E-state index contributed by atoms with van der Waals surface area (Å²) in [6.45, 7) is 2.87. The van der Waals surface area contributed by atoms with Crippen molar-refractivity contribution in [1.29, 1.82) is 0 Å². The second-order valence-electron chi connectivity index (χ2n) is 9.77. The molecule has 6 rings (SSSR count). The maximum atomic E-state index is 13.3. The second kappa shape index (κ2) is 13.3. The maximum Gasteiger partial charge on any atom is 0.354 e. The molecule has 11 heteroatoms. The lowest BCUT2D eigenvalue weighted by atomic mass is 9.98. The molecule has 4 heterocycles. The van der Waals surface area contributed by atoms with Crippen LogP contribution in [0, 0.1) is 0 Å². The summed E-state index contributed by atoms with van der Waals surface area (Å²) in [5.74, 6) is -0.719. The molecular formula is C31H32N6O4S. The Labute approximate surface area is 246 Å². The predicted octanol–water partition coefficient (Wildman–Crippen LogP) is 6.06. The number of nitrogens with one attached hydrogen (secondary N) is 1. The lowest BCUT2D eigenvalue weighted by Crippen LogP contribution is -2.19. The topological polar surface area (TPSA) is 127 Å². The number of aromatic carboxylic acids is 1. The van der Waals surface area contributed by atoms with E-state index < -0.39 is 11.5 Å². The zero-order valence-electron chi connectivity index (χ0n) is 23.5. The number of aromatic nitrogens is 6. The van der Waals surface area contributed by atoms with Gasteiger partial charge in [-0.3, -0.25) is 13.9 Å². The smallest absolute Gasteiger partial charge is 0.354 e. The van der Waals surface area contributed by atoms with Gasteiger partial charge in [0, 0.05) is 37.0 Å². The molecule has 6 aromatic rings. The first-order valence-corrected chi connectivity index (χ1v) is 14.6.